The van der Waals surface area contributed by atoms with Crippen LogP contribution in [0, 0.1) is 5.92 Å². The Kier molecular flexibility index (Phi) is 8.91. The smallest absolute Gasteiger partial charge is 0.334 e. The lowest BCUT2D eigenvalue weighted by Gasteiger charge is -2.04. The Balaban J connectivity index is 1.75. The van der Waals surface area contributed by atoms with E-state index in [-0.39, 0.29) is 17.9 Å². The van der Waals surface area contributed by atoms with Gasteiger partial charge in [-0.05, 0) is 59.0 Å². The largest absolute Gasteiger partial charge is 0.461 e. The second-order valence-electron chi connectivity index (χ2n) is 7.94. The lowest BCUT2D eigenvalue weighted by atomic mass is 9.97. The molecular weight excluding hydrogens is 364 g/mol. The highest BCUT2D eigenvalue weighted by atomic mass is 16.5. The highest BCUT2D eigenvalue weighted by Gasteiger charge is 2.28. The predicted octanol–water partition coefficient (Wildman–Crippen LogP) is 5.54. The predicted molar refractivity (Wildman–Crippen MR) is 116 cm³/mol. The summed E-state index contributed by atoms with van der Waals surface area (Å²) >= 11 is 0. The highest BCUT2D eigenvalue weighted by molar-refractivity contribution is 5.91. The number of cyclic esters (lactones) is 2. The molecule has 4 heteroatoms. The highest BCUT2D eigenvalue weighted by Crippen LogP contribution is 2.25. The van der Waals surface area contributed by atoms with E-state index in [0.717, 1.165) is 36.8 Å². The molecule has 2 heterocycles. The van der Waals surface area contributed by atoms with Crippen molar-refractivity contribution in [2.75, 3.05) is 13.2 Å². The molecule has 0 N–H and O–H groups in total. The lowest BCUT2D eigenvalue weighted by Crippen LogP contribution is -2.01. The van der Waals surface area contributed by atoms with Gasteiger partial charge in [-0.25, -0.2) is 9.59 Å². The van der Waals surface area contributed by atoms with Crippen LogP contribution in [0.3, 0.4) is 0 Å². The van der Waals surface area contributed by atoms with E-state index in [2.05, 4.69) is 32.1 Å². The molecule has 0 saturated carbocycles. The van der Waals surface area contributed by atoms with Gasteiger partial charge in [0.05, 0.1) is 0 Å². The molecule has 1 fully saturated rings. The van der Waals surface area contributed by atoms with Crippen molar-refractivity contribution < 1.29 is 19.1 Å². The molecule has 2 rings (SSSR count). The monoisotopic (exact) mass is 396 g/mol. The summed E-state index contributed by atoms with van der Waals surface area (Å²) in [5.41, 5.74) is 5.53. The van der Waals surface area contributed by atoms with Crippen LogP contribution in [0.1, 0.15) is 53.4 Å². The first-order valence-corrected chi connectivity index (χ1v) is 10.2. The first kappa shape index (κ1) is 22.7. The second kappa shape index (κ2) is 11.4. The molecule has 0 aliphatic carbocycles. The van der Waals surface area contributed by atoms with Gasteiger partial charge in [0.1, 0.15) is 13.2 Å². The fourth-order valence-corrected chi connectivity index (χ4v) is 3.27. The molecule has 0 aromatic heterocycles. The first-order chi connectivity index (χ1) is 13.8. The van der Waals surface area contributed by atoms with Gasteiger partial charge in [-0.2, -0.15) is 0 Å². The van der Waals surface area contributed by atoms with E-state index in [9.17, 15) is 9.59 Å². The van der Waals surface area contributed by atoms with E-state index in [1.54, 1.807) is 0 Å². The van der Waals surface area contributed by atoms with Gasteiger partial charge in [0.25, 0.3) is 0 Å². The fourth-order valence-electron chi connectivity index (χ4n) is 3.27. The fraction of sp³-hybridized carbons (Fsp3) is 0.440. The van der Waals surface area contributed by atoms with E-state index in [0.29, 0.717) is 13.2 Å². The van der Waals surface area contributed by atoms with Gasteiger partial charge < -0.3 is 9.47 Å². The van der Waals surface area contributed by atoms with Crippen molar-refractivity contribution in [3.05, 3.63) is 70.4 Å². The van der Waals surface area contributed by atoms with Crippen LogP contribution in [0.15, 0.2) is 70.4 Å². The number of carbonyl (C=O) groups excluding carboxylic acids is 2. The normalized spacial score (nSPS) is 21.6. The van der Waals surface area contributed by atoms with Crippen LogP contribution in [0.25, 0.3) is 0 Å². The zero-order chi connectivity index (χ0) is 21.2. The number of carbonyl (C=O) groups is 2. The van der Waals surface area contributed by atoms with E-state index < -0.39 is 0 Å². The molecule has 2 aliphatic heterocycles. The van der Waals surface area contributed by atoms with Crippen molar-refractivity contribution >= 4 is 11.9 Å². The maximum absolute atomic E-state index is 11.9. The third-order valence-electron chi connectivity index (χ3n) is 4.87. The zero-order valence-corrected chi connectivity index (χ0v) is 18.0. The van der Waals surface area contributed by atoms with Gasteiger partial charge in [-0.15, -0.1) is 0 Å². The molecule has 1 atom stereocenters. The molecule has 0 aromatic carbocycles. The third-order valence-corrected chi connectivity index (χ3v) is 4.87. The summed E-state index contributed by atoms with van der Waals surface area (Å²) in [6.45, 7) is 9.17. The minimum absolute atomic E-state index is 0.0994. The zero-order valence-electron chi connectivity index (χ0n) is 18.0. The lowest BCUT2D eigenvalue weighted by molar-refractivity contribution is -0.135. The number of rotatable bonds is 9. The summed E-state index contributed by atoms with van der Waals surface area (Å²) in [6.07, 6.45) is 17.7. The number of hydrogen-bond donors (Lipinski definition) is 0. The molecule has 1 saturated heterocycles. The minimum atomic E-state index is -0.265. The summed E-state index contributed by atoms with van der Waals surface area (Å²) in [7, 11) is 0. The van der Waals surface area contributed by atoms with Gasteiger partial charge in [0.2, 0.25) is 0 Å². The molecule has 0 aromatic rings. The molecule has 2 aliphatic rings. The third kappa shape index (κ3) is 8.10. The standard InChI is InChI=1S/C25H32O4/c1-18(2)14-22-17-29-25(27)23(22)13-7-11-20(4)9-5-8-19(3)10-6-12-21-15-24(26)28-16-21/h6,9-10,12-15,22H,5,7-8,11,16-17H2,1-4H3. The first-order valence-electron chi connectivity index (χ1n) is 10.2. The number of allylic oxidation sites excluding steroid dienone is 7. The number of esters is 2. The van der Waals surface area contributed by atoms with Crippen molar-refractivity contribution in [3.8, 4) is 0 Å². The maximum Gasteiger partial charge on any atom is 0.334 e. The van der Waals surface area contributed by atoms with Crippen molar-refractivity contribution in [1.29, 1.82) is 0 Å². The summed E-state index contributed by atoms with van der Waals surface area (Å²) in [4.78, 5) is 22.9. The molecule has 1 unspecified atom stereocenters. The van der Waals surface area contributed by atoms with Crippen molar-refractivity contribution in [3.63, 3.8) is 0 Å². The van der Waals surface area contributed by atoms with Crippen molar-refractivity contribution in [2.45, 2.75) is 53.4 Å². The van der Waals surface area contributed by atoms with Crippen molar-refractivity contribution in [2.24, 2.45) is 5.92 Å². The Morgan fingerprint density at radius 2 is 1.83 bits per heavy atom. The Hall–Kier alpha value is -2.62. The van der Waals surface area contributed by atoms with Gasteiger partial charge in [0, 0.05) is 17.6 Å². The topological polar surface area (TPSA) is 52.6 Å². The molecule has 0 amide bonds. The van der Waals surface area contributed by atoms with Gasteiger partial charge >= 0.3 is 11.9 Å². The summed E-state index contributed by atoms with van der Waals surface area (Å²) in [5.74, 6) is -0.339. The average Bonchev–Trinajstić information content (AvgIpc) is 3.21. The van der Waals surface area contributed by atoms with Gasteiger partial charge in [0.15, 0.2) is 0 Å². The Morgan fingerprint density at radius 3 is 2.52 bits per heavy atom. The van der Waals surface area contributed by atoms with Crippen LogP contribution in [0.4, 0.5) is 0 Å². The summed E-state index contributed by atoms with van der Waals surface area (Å²) in [5, 5.41) is 0. The molecule has 29 heavy (non-hydrogen) atoms. The van der Waals surface area contributed by atoms with Crippen LogP contribution in [0.2, 0.25) is 0 Å². The molecule has 0 radical (unpaired) electrons. The Morgan fingerprint density at radius 1 is 1.07 bits per heavy atom. The van der Waals surface area contributed by atoms with Crippen LogP contribution in [-0.4, -0.2) is 25.2 Å². The average molecular weight is 397 g/mol. The van der Waals surface area contributed by atoms with Gasteiger partial charge in [-0.1, -0.05) is 53.2 Å². The van der Waals surface area contributed by atoms with Crippen LogP contribution >= 0.6 is 0 Å². The molecule has 0 spiro atoms. The summed E-state index contributed by atoms with van der Waals surface area (Å²) in [6, 6.07) is 0. The second-order valence-corrected chi connectivity index (χ2v) is 7.94. The van der Waals surface area contributed by atoms with Crippen LogP contribution < -0.4 is 0 Å². The molecule has 0 bridgehead atoms. The minimum Gasteiger partial charge on any atom is -0.461 e. The maximum atomic E-state index is 11.9. The molecular formula is C25H32O4. The van der Waals surface area contributed by atoms with E-state index in [4.69, 9.17) is 9.47 Å². The van der Waals surface area contributed by atoms with Gasteiger partial charge in [-0.3, -0.25) is 0 Å². The van der Waals surface area contributed by atoms with Crippen molar-refractivity contribution in [1.82, 2.24) is 0 Å². The van der Waals surface area contributed by atoms with Crippen LogP contribution in [-0.2, 0) is 19.1 Å². The molecule has 4 nitrogen and oxygen atoms in total. The Bertz CT molecular complexity index is 799. The number of ether oxygens (including phenoxy) is 2. The molecule has 156 valence electrons. The number of hydrogen-bond acceptors (Lipinski definition) is 4. The van der Waals surface area contributed by atoms with Crippen LogP contribution in [0.5, 0.6) is 0 Å². The van der Waals surface area contributed by atoms with E-state index in [1.807, 2.05) is 32.1 Å². The summed E-state index contributed by atoms with van der Waals surface area (Å²) < 4.78 is 10.1. The quantitative estimate of drug-likeness (QED) is 0.222. The Labute approximate surface area is 174 Å². The van der Waals surface area contributed by atoms with E-state index in [1.165, 1.54) is 22.8 Å². The van der Waals surface area contributed by atoms with E-state index >= 15 is 0 Å². The SMILES string of the molecule is CC(C)=CC1COC(=O)C1=CCCC(C)=CCCC(C)=CC=CC1=CC(=O)OC1.